The third-order valence-corrected chi connectivity index (χ3v) is 8.80. The topological polar surface area (TPSA) is 122 Å². The molecular weight excluding hydrogens is 627 g/mol. The zero-order valence-electron chi connectivity index (χ0n) is 20.9. The van der Waals surface area contributed by atoms with Gasteiger partial charge in [-0.15, -0.1) is 0 Å². The van der Waals surface area contributed by atoms with E-state index in [2.05, 4.69) is 30.9 Å². The molecule has 12 heteroatoms. The Hall–Kier alpha value is -2.63. The number of hydrogen-bond donors (Lipinski definition) is 3. The van der Waals surface area contributed by atoms with Gasteiger partial charge in [0.1, 0.15) is 6.04 Å². The van der Waals surface area contributed by atoms with E-state index in [1.807, 2.05) is 48.5 Å². The molecule has 2 amide bonds. The maximum Gasteiger partial charge on any atom is 0.252 e. The molecule has 0 spiro atoms. The molecule has 0 aliphatic carbocycles. The first-order chi connectivity index (χ1) is 18.4. The second kappa shape index (κ2) is 12.3. The highest BCUT2D eigenvalue weighted by molar-refractivity contribution is 9.10. The number of amides is 2. The maximum absolute atomic E-state index is 13.0. The van der Waals surface area contributed by atoms with Crippen molar-refractivity contribution >= 4 is 66.7 Å². The molecule has 0 radical (unpaired) electrons. The molecule has 1 aliphatic heterocycles. The highest BCUT2D eigenvalue weighted by atomic mass is 79.9. The molecule has 0 aromatic heterocycles. The summed E-state index contributed by atoms with van der Waals surface area (Å²) in [6, 6.07) is 18.8. The fraction of sp³-hybridized carbons (Fsp3) is 0.259. The average molecular weight is 654 g/mol. The molecule has 0 saturated carbocycles. The van der Waals surface area contributed by atoms with Crippen LogP contribution in [0, 0.1) is 5.92 Å². The van der Waals surface area contributed by atoms with Crippen LogP contribution in [0.3, 0.4) is 0 Å². The van der Waals surface area contributed by atoms with E-state index < -0.39 is 27.9 Å². The van der Waals surface area contributed by atoms with Crippen LogP contribution in [0.15, 0.2) is 71.2 Å². The van der Waals surface area contributed by atoms with Gasteiger partial charge >= 0.3 is 0 Å². The summed E-state index contributed by atoms with van der Waals surface area (Å²) in [6.45, 7) is 2.62. The smallest absolute Gasteiger partial charge is 0.252 e. The van der Waals surface area contributed by atoms with Gasteiger partial charge in [0.15, 0.2) is 0 Å². The SMILES string of the molecule is C[C@H](NC(=O)c1cc(Br)cc(NS(=O)(=O)CC2CN(C(c3ccc(Cl)cc3)c3ccc(Cl)cc3)C2)c1)C(N)=O. The number of carbonyl (C=O) groups excluding carboxylic acids is 2. The Kier molecular flexibility index (Phi) is 9.23. The number of likely N-dealkylation sites (tertiary alicyclic amines) is 1. The summed E-state index contributed by atoms with van der Waals surface area (Å²) in [5, 5.41) is 3.76. The van der Waals surface area contributed by atoms with E-state index >= 15 is 0 Å². The normalized spacial score (nSPS) is 15.0. The number of nitrogens with two attached hydrogens (primary N) is 1. The molecular formula is C27H27BrCl2N4O4S. The number of carbonyl (C=O) groups is 2. The fourth-order valence-corrected chi connectivity index (χ4v) is 6.63. The zero-order valence-corrected chi connectivity index (χ0v) is 24.8. The summed E-state index contributed by atoms with van der Waals surface area (Å²) in [5.74, 6) is -1.39. The molecule has 3 aromatic rings. The van der Waals surface area contributed by atoms with Crippen molar-refractivity contribution in [2.75, 3.05) is 23.6 Å². The van der Waals surface area contributed by atoms with Gasteiger partial charge in [0.25, 0.3) is 5.91 Å². The Bertz CT molecular complexity index is 1420. The third kappa shape index (κ3) is 7.73. The van der Waals surface area contributed by atoms with E-state index in [4.69, 9.17) is 28.9 Å². The van der Waals surface area contributed by atoms with Crippen molar-refractivity contribution in [2.45, 2.75) is 19.0 Å². The summed E-state index contributed by atoms with van der Waals surface area (Å²) in [4.78, 5) is 26.0. The minimum atomic E-state index is -3.72. The van der Waals surface area contributed by atoms with E-state index in [0.29, 0.717) is 27.6 Å². The number of primary amides is 1. The molecule has 1 heterocycles. The van der Waals surface area contributed by atoms with Crippen molar-refractivity contribution in [1.29, 1.82) is 0 Å². The first kappa shape index (κ1) is 29.4. The summed E-state index contributed by atoms with van der Waals surface area (Å²) in [5.41, 5.74) is 7.72. The van der Waals surface area contributed by atoms with Crippen LogP contribution in [0.25, 0.3) is 0 Å². The first-order valence-electron chi connectivity index (χ1n) is 12.1. The summed E-state index contributed by atoms with van der Waals surface area (Å²) in [6.07, 6.45) is 0. The molecule has 1 saturated heterocycles. The van der Waals surface area contributed by atoms with Crippen molar-refractivity contribution < 1.29 is 18.0 Å². The van der Waals surface area contributed by atoms with E-state index in [-0.39, 0.29) is 29.0 Å². The zero-order chi connectivity index (χ0) is 28.3. The minimum Gasteiger partial charge on any atom is -0.368 e. The largest absolute Gasteiger partial charge is 0.368 e. The standard InChI is InChI=1S/C27H27BrCl2N4O4S/c1-16(26(31)35)32-27(36)20-10-21(28)12-24(11-20)33-39(37,38)15-17-13-34(14-17)25(18-2-6-22(29)7-3-18)19-4-8-23(30)9-5-19/h2-12,16-17,25,33H,13-15H2,1H3,(H2,31,35)(H,32,36)/t16-/m0/s1. The molecule has 39 heavy (non-hydrogen) atoms. The Balaban J connectivity index is 1.43. The van der Waals surface area contributed by atoms with Gasteiger partial charge in [-0.2, -0.15) is 0 Å². The molecule has 3 aromatic carbocycles. The number of nitrogens with zero attached hydrogens (tertiary/aromatic N) is 1. The number of rotatable bonds is 10. The summed E-state index contributed by atoms with van der Waals surface area (Å²) in [7, 11) is -3.72. The number of anilines is 1. The number of hydrogen-bond acceptors (Lipinski definition) is 5. The molecule has 1 fully saturated rings. The number of benzene rings is 3. The van der Waals surface area contributed by atoms with Gasteiger partial charge in [0, 0.05) is 39.1 Å². The van der Waals surface area contributed by atoms with Gasteiger partial charge in [-0.3, -0.25) is 19.2 Å². The molecule has 1 atom stereocenters. The van der Waals surface area contributed by atoms with Crippen molar-refractivity contribution in [3.05, 3.63) is 97.9 Å². The lowest BCUT2D eigenvalue weighted by atomic mass is 9.91. The molecule has 8 nitrogen and oxygen atoms in total. The summed E-state index contributed by atoms with van der Waals surface area (Å²) < 4.78 is 29.1. The maximum atomic E-state index is 13.0. The Morgan fingerprint density at radius 3 is 2.05 bits per heavy atom. The lowest BCUT2D eigenvalue weighted by molar-refractivity contribution is -0.119. The minimum absolute atomic E-state index is 0.0691. The Morgan fingerprint density at radius 2 is 1.54 bits per heavy atom. The average Bonchev–Trinajstić information content (AvgIpc) is 2.83. The van der Waals surface area contributed by atoms with Crippen molar-refractivity contribution in [1.82, 2.24) is 10.2 Å². The van der Waals surface area contributed by atoms with E-state index in [1.54, 1.807) is 6.07 Å². The first-order valence-corrected chi connectivity index (χ1v) is 15.3. The predicted molar refractivity (Wildman–Crippen MR) is 157 cm³/mol. The number of sulfonamides is 1. The van der Waals surface area contributed by atoms with Crippen LogP contribution in [0.5, 0.6) is 0 Å². The molecule has 0 bridgehead atoms. The molecule has 206 valence electrons. The van der Waals surface area contributed by atoms with Gasteiger partial charge in [0.05, 0.1) is 17.5 Å². The highest BCUT2D eigenvalue weighted by Crippen LogP contribution is 2.36. The molecule has 4 rings (SSSR count). The van der Waals surface area contributed by atoms with Gasteiger partial charge < -0.3 is 11.1 Å². The van der Waals surface area contributed by atoms with Crippen LogP contribution in [0.4, 0.5) is 5.69 Å². The van der Waals surface area contributed by atoms with Crippen LogP contribution < -0.4 is 15.8 Å². The van der Waals surface area contributed by atoms with Crippen LogP contribution in [0.1, 0.15) is 34.5 Å². The quantitative estimate of drug-likeness (QED) is 0.290. The Labute approximate surface area is 246 Å². The summed E-state index contributed by atoms with van der Waals surface area (Å²) >= 11 is 15.5. The third-order valence-electron chi connectivity index (χ3n) is 6.38. The van der Waals surface area contributed by atoms with E-state index in [1.165, 1.54) is 19.1 Å². The number of halogens is 3. The highest BCUT2D eigenvalue weighted by Gasteiger charge is 2.36. The predicted octanol–water partition coefficient (Wildman–Crippen LogP) is 4.82. The second-order valence-electron chi connectivity index (χ2n) is 9.54. The van der Waals surface area contributed by atoms with Crippen molar-refractivity contribution in [3.8, 4) is 0 Å². The monoisotopic (exact) mass is 652 g/mol. The lowest BCUT2D eigenvalue weighted by Crippen LogP contribution is -2.51. The fourth-order valence-electron chi connectivity index (χ4n) is 4.49. The van der Waals surface area contributed by atoms with Crippen molar-refractivity contribution in [2.24, 2.45) is 11.7 Å². The van der Waals surface area contributed by atoms with E-state index in [9.17, 15) is 18.0 Å². The molecule has 4 N–H and O–H groups in total. The van der Waals surface area contributed by atoms with Crippen LogP contribution in [-0.2, 0) is 14.8 Å². The molecule has 1 aliphatic rings. The van der Waals surface area contributed by atoms with Gasteiger partial charge in [-0.1, -0.05) is 63.4 Å². The second-order valence-corrected chi connectivity index (χ2v) is 13.1. The van der Waals surface area contributed by atoms with E-state index in [0.717, 1.165) is 11.1 Å². The van der Waals surface area contributed by atoms with Gasteiger partial charge in [0.2, 0.25) is 15.9 Å². The molecule has 0 unspecified atom stereocenters. The lowest BCUT2D eigenvalue weighted by Gasteiger charge is -2.44. The number of nitrogens with one attached hydrogen (secondary N) is 2. The van der Waals surface area contributed by atoms with Crippen LogP contribution in [-0.4, -0.2) is 50.0 Å². The van der Waals surface area contributed by atoms with Crippen molar-refractivity contribution in [3.63, 3.8) is 0 Å². The Morgan fingerprint density at radius 1 is 1.00 bits per heavy atom. The van der Waals surface area contributed by atoms with Crippen LogP contribution in [0.2, 0.25) is 10.0 Å². The van der Waals surface area contributed by atoms with Gasteiger partial charge in [-0.05, 0) is 60.5 Å². The van der Waals surface area contributed by atoms with Crippen LogP contribution >= 0.6 is 39.1 Å². The van der Waals surface area contributed by atoms with Gasteiger partial charge in [-0.25, -0.2) is 8.42 Å².